The maximum atomic E-state index is 13.2. The molecule has 8 nitrogen and oxygen atoms in total. The quantitative estimate of drug-likeness (QED) is 0.727. The van der Waals surface area contributed by atoms with E-state index in [1.807, 2.05) is 0 Å². The lowest BCUT2D eigenvalue weighted by Crippen LogP contribution is -2.39. The molecule has 3 amide bonds. The van der Waals surface area contributed by atoms with Crippen molar-refractivity contribution in [2.45, 2.75) is 31.8 Å². The first kappa shape index (κ1) is 21.1. The molecule has 166 valence electrons. The van der Waals surface area contributed by atoms with Gasteiger partial charge in [0.1, 0.15) is 18.5 Å². The molecule has 12 heteroatoms. The molecule has 2 aliphatic rings. The topological polar surface area (TPSA) is 79.7 Å². The highest BCUT2D eigenvalue weighted by Crippen LogP contribution is 2.31. The minimum absolute atomic E-state index is 0.00875. The average Bonchev–Trinajstić information content (AvgIpc) is 3.03. The van der Waals surface area contributed by atoms with Gasteiger partial charge >= 0.3 is 12.2 Å². The van der Waals surface area contributed by atoms with Crippen molar-refractivity contribution in [3.63, 3.8) is 0 Å². The number of fused-ring (bicyclic) bond motifs is 3. The summed E-state index contributed by atoms with van der Waals surface area (Å²) in [7, 11) is 1.38. The van der Waals surface area contributed by atoms with Crippen molar-refractivity contribution in [1.29, 1.82) is 0 Å². The van der Waals surface area contributed by atoms with Gasteiger partial charge in [-0.3, -0.25) is 14.3 Å². The van der Waals surface area contributed by atoms with E-state index >= 15 is 0 Å². The fraction of sp³-hybridized carbons (Fsp3) is 0.421. The number of hydrogen-bond acceptors (Lipinski definition) is 4. The monoisotopic (exact) mass is 441 g/mol. The molecule has 31 heavy (non-hydrogen) atoms. The summed E-state index contributed by atoms with van der Waals surface area (Å²) in [4.78, 5) is 32.0. The molecule has 0 fully saturated rings. The minimum Gasteiger partial charge on any atom is -0.320 e. The van der Waals surface area contributed by atoms with Crippen LogP contribution >= 0.6 is 0 Å². The summed E-state index contributed by atoms with van der Waals surface area (Å²) in [5.74, 6) is -0.509. The van der Waals surface area contributed by atoms with Gasteiger partial charge in [0.05, 0.1) is 24.3 Å². The first-order chi connectivity index (χ1) is 14.7. The molecule has 1 atom stereocenters. The van der Waals surface area contributed by atoms with Crippen molar-refractivity contribution in [3.05, 3.63) is 46.8 Å². The van der Waals surface area contributed by atoms with Gasteiger partial charge in [-0.25, -0.2) is 14.2 Å². The summed E-state index contributed by atoms with van der Waals surface area (Å²) >= 11 is 0. The number of halogens is 4. The van der Waals surface area contributed by atoms with Crippen LogP contribution in [0.4, 0.5) is 28.0 Å². The van der Waals surface area contributed by atoms with E-state index in [1.54, 1.807) is 0 Å². The molecule has 3 heterocycles. The second kappa shape index (κ2) is 7.84. The Balaban J connectivity index is 1.55. The fourth-order valence-corrected chi connectivity index (χ4v) is 3.67. The summed E-state index contributed by atoms with van der Waals surface area (Å²) in [5.41, 5.74) is 0.494. The highest BCUT2D eigenvalue weighted by molar-refractivity contribution is 5.94. The van der Waals surface area contributed by atoms with Crippen molar-refractivity contribution >= 4 is 17.6 Å². The third kappa shape index (κ3) is 4.07. The van der Waals surface area contributed by atoms with Gasteiger partial charge < -0.3 is 10.2 Å². The van der Waals surface area contributed by atoms with Gasteiger partial charge in [0.15, 0.2) is 0 Å². The smallest absolute Gasteiger partial charge is 0.320 e. The molecule has 0 radical (unpaired) electrons. The molecule has 0 spiro atoms. The Morgan fingerprint density at radius 3 is 2.84 bits per heavy atom. The Hall–Kier alpha value is -3.15. The number of amides is 3. The zero-order chi connectivity index (χ0) is 22.3. The van der Waals surface area contributed by atoms with E-state index in [-0.39, 0.29) is 31.0 Å². The molecule has 0 saturated carbocycles. The molecular formula is C19H19F4N5O3. The zero-order valence-corrected chi connectivity index (χ0v) is 16.4. The van der Waals surface area contributed by atoms with Crippen LogP contribution in [-0.2, 0) is 30.5 Å². The normalized spacial score (nSPS) is 19.0. The molecular weight excluding hydrogens is 422 g/mol. The number of carbonyl (C=O) groups excluding carboxylic acids is 2. The van der Waals surface area contributed by atoms with Crippen LogP contribution in [0.5, 0.6) is 0 Å². The van der Waals surface area contributed by atoms with E-state index in [0.29, 0.717) is 17.7 Å². The molecule has 4 rings (SSSR count). The highest BCUT2D eigenvalue weighted by atomic mass is 19.4. The number of hydrogen-bond donors (Lipinski definition) is 1. The van der Waals surface area contributed by atoms with Gasteiger partial charge in [-0.15, -0.1) is 0 Å². The van der Waals surface area contributed by atoms with E-state index in [1.165, 1.54) is 28.8 Å². The number of urea groups is 1. The SMILES string of the molecule is CN1OC(CF)Cn2nc3c(c2C1=O)CN(C(=O)Nc1cccc(C(F)(F)F)c1)CC3. The Morgan fingerprint density at radius 2 is 2.13 bits per heavy atom. The van der Waals surface area contributed by atoms with E-state index in [2.05, 4.69) is 10.4 Å². The van der Waals surface area contributed by atoms with Crippen LogP contribution < -0.4 is 5.32 Å². The van der Waals surface area contributed by atoms with Gasteiger partial charge in [0, 0.05) is 31.3 Å². The van der Waals surface area contributed by atoms with Gasteiger partial charge in [0.2, 0.25) is 0 Å². The van der Waals surface area contributed by atoms with Crippen molar-refractivity contribution in [2.24, 2.45) is 0 Å². The Morgan fingerprint density at radius 1 is 1.35 bits per heavy atom. The zero-order valence-electron chi connectivity index (χ0n) is 16.4. The summed E-state index contributed by atoms with van der Waals surface area (Å²) in [6.07, 6.45) is -5.04. The highest BCUT2D eigenvalue weighted by Gasteiger charge is 2.35. The van der Waals surface area contributed by atoms with Crippen molar-refractivity contribution in [2.75, 3.05) is 25.6 Å². The summed E-state index contributed by atoms with van der Waals surface area (Å²) < 4.78 is 53.3. The predicted octanol–water partition coefficient (Wildman–Crippen LogP) is 2.85. The van der Waals surface area contributed by atoms with Gasteiger partial charge in [-0.2, -0.15) is 18.3 Å². The third-order valence-corrected chi connectivity index (χ3v) is 5.17. The molecule has 2 aromatic rings. The largest absolute Gasteiger partial charge is 0.416 e. The lowest BCUT2D eigenvalue weighted by molar-refractivity contribution is -0.152. The number of aromatic nitrogens is 2. The molecule has 0 aliphatic carbocycles. The van der Waals surface area contributed by atoms with Crippen LogP contribution in [0.3, 0.4) is 0 Å². The van der Waals surface area contributed by atoms with E-state index in [4.69, 9.17) is 4.84 Å². The summed E-state index contributed by atoms with van der Waals surface area (Å²) in [6, 6.07) is 3.74. The van der Waals surface area contributed by atoms with Crippen molar-refractivity contribution < 1.29 is 32.0 Å². The fourth-order valence-electron chi connectivity index (χ4n) is 3.67. The molecule has 1 aromatic heterocycles. The van der Waals surface area contributed by atoms with Crippen LogP contribution in [0.1, 0.15) is 27.3 Å². The molecule has 2 aliphatic heterocycles. The predicted molar refractivity (Wildman–Crippen MR) is 99.7 cm³/mol. The second-order valence-electron chi connectivity index (χ2n) is 7.32. The van der Waals surface area contributed by atoms with E-state index < -0.39 is 36.5 Å². The third-order valence-electron chi connectivity index (χ3n) is 5.17. The number of alkyl halides is 4. The standard InChI is InChI=1S/C19H19F4N5O3/c1-26-17(29)16-14-10-27(6-5-15(14)25-28(16)9-13(8-20)31-26)18(30)24-12-4-2-3-11(7-12)19(21,22)23/h2-4,7,13H,5-6,8-10H2,1H3,(H,24,30). The van der Waals surface area contributed by atoms with Crippen LogP contribution in [0.2, 0.25) is 0 Å². The lowest BCUT2D eigenvalue weighted by Gasteiger charge is -2.27. The molecule has 1 unspecified atom stereocenters. The number of nitrogens with zero attached hydrogens (tertiary/aromatic N) is 4. The van der Waals surface area contributed by atoms with E-state index in [9.17, 15) is 27.2 Å². The van der Waals surface area contributed by atoms with Gasteiger partial charge in [-0.1, -0.05) is 6.07 Å². The molecule has 0 bridgehead atoms. The maximum Gasteiger partial charge on any atom is 0.416 e. The number of hydroxylamine groups is 2. The number of rotatable bonds is 2. The second-order valence-corrected chi connectivity index (χ2v) is 7.32. The van der Waals surface area contributed by atoms with Crippen LogP contribution in [0.15, 0.2) is 24.3 Å². The Labute approximate surface area is 174 Å². The summed E-state index contributed by atoms with van der Waals surface area (Å²) in [6.45, 7) is -0.449. The van der Waals surface area contributed by atoms with Crippen LogP contribution in [-0.4, -0.2) is 58.1 Å². The molecule has 1 N–H and O–H groups in total. The number of anilines is 1. The van der Waals surface area contributed by atoms with Crippen LogP contribution in [0.25, 0.3) is 0 Å². The average molecular weight is 441 g/mol. The minimum atomic E-state index is -4.53. The van der Waals surface area contributed by atoms with Crippen LogP contribution in [0, 0.1) is 0 Å². The van der Waals surface area contributed by atoms with Crippen molar-refractivity contribution in [1.82, 2.24) is 19.7 Å². The maximum absolute atomic E-state index is 13.2. The summed E-state index contributed by atoms with van der Waals surface area (Å²) in [5, 5.41) is 7.81. The molecule has 1 aromatic carbocycles. The van der Waals surface area contributed by atoms with E-state index in [0.717, 1.165) is 17.2 Å². The Kier molecular flexibility index (Phi) is 5.33. The first-order valence-corrected chi connectivity index (χ1v) is 9.50. The number of carbonyl (C=O) groups is 2. The Bertz CT molecular complexity index is 1020. The van der Waals surface area contributed by atoms with Gasteiger partial charge in [0.25, 0.3) is 5.91 Å². The van der Waals surface area contributed by atoms with Gasteiger partial charge in [-0.05, 0) is 18.2 Å². The first-order valence-electron chi connectivity index (χ1n) is 9.50. The number of benzene rings is 1. The van der Waals surface area contributed by atoms with Crippen molar-refractivity contribution in [3.8, 4) is 0 Å². The lowest BCUT2D eigenvalue weighted by atomic mass is 10.1. The molecule has 0 saturated heterocycles. The number of nitrogens with one attached hydrogen (secondary N) is 1.